The summed E-state index contributed by atoms with van der Waals surface area (Å²) in [5.41, 5.74) is 0.718. The number of anilines is 1. The number of benzene rings is 1. The molecule has 1 aliphatic heterocycles. The van der Waals surface area contributed by atoms with E-state index in [0.29, 0.717) is 26.2 Å². The van der Waals surface area contributed by atoms with Gasteiger partial charge in [-0.15, -0.1) is 0 Å². The van der Waals surface area contributed by atoms with Crippen molar-refractivity contribution in [3.8, 4) is 0 Å². The van der Waals surface area contributed by atoms with Crippen LogP contribution in [0.3, 0.4) is 0 Å². The molecule has 0 radical (unpaired) electrons. The van der Waals surface area contributed by atoms with Crippen molar-refractivity contribution in [3.63, 3.8) is 0 Å². The Bertz CT molecular complexity index is 742. The number of nitrogens with zero attached hydrogens (tertiary/aromatic N) is 3. The number of hydrogen-bond donors (Lipinski definition) is 1. The Morgan fingerprint density at radius 1 is 1.07 bits per heavy atom. The van der Waals surface area contributed by atoms with Gasteiger partial charge < -0.3 is 10.2 Å². The summed E-state index contributed by atoms with van der Waals surface area (Å²) in [5, 5.41) is 2.85. The van der Waals surface area contributed by atoms with E-state index in [-0.39, 0.29) is 12.1 Å². The van der Waals surface area contributed by atoms with Gasteiger partial charge >= 0.3 is 6.03 Å². The maximum absolute atomic E-state index is 12.9. The lowest BCUT2D eigenvalue weighted by atomic mass is 9.96. The van der Waals surface area contributed by atoms with E-state index in [1.54, 1.807) is 16.3 Å². The molecule has 0 bridgehead atoms. The molecule has 3 rings (SSSR count). The van der Waals surface area contributed by atoms with E-state index >= 15 is 0 Å². The molecular formula is C18H27BrN4O3S. The molecule has 1 aromatic carbocycles. The summed E-state index contributed by atoms with van der Waals surface area (Å²) in [6.45, 7) is 1.43. The van der Waals surface area contributed by atoms with Crippen molar-refractivity contribution in [2.24, 2.45) is 0 Å². The van der Waals surface area contributed by atoms with Crippen LogP contribution < -0.4 is 5.32 Å². The van der Waals surface area contributed by atoms with Crippen LogP contribution in [0.2, 0.25) is 0 Å². The zero-order valence-corrected chi connectivity index (χ0v) is 18.0. The van der Waals surface area contributed by atoms with Crippen LogP contribution in [-0.4, -0.2) is 67.2 Å². The predicted octanol–water partition coefficient (Wildman–Crippen LogP) is 3.11. The van der Waals surface area contributed by atoms with Crippen molar-refractivity contribution in [2.45, 2.75) is 38.1 Å². The molecule has 150 valence electrons. The van der Waals surface area contributed by atoms with Gasteiger partial charge in [0.25, 0.3) is 10.2 Å². The van der Waals surface area contributed by atoms with Crippen molar-refractivity contribution in [3.05, 3.63) is 28.7 Å². The lowest BCUT2D eigenvalue weighted by Gasteiger charge is -2.38. The molecule has 0 aromatic heterocycles. The van der Waals surface area contributed by atoms with Gasteiger partial charge in [0.2, 0.25) is 0 Å². The Labute approximate surface area is 170 Å². The van der Waals surface area contributed by atoms with Crippen molar-refractivity contribution >= 4 is 37.9 Å². The molecule has 1 saturated carbocycles. The van der Waals surface area contributed by atoms with Crippen LogP contribution in [0.4, 0.5) is 10.5 Å². The molecule has 1 heterocycles. The first kappa shape index (κ1) is 20.6. The second kappa shape index (κ2) is 8.89. The van der Waals surface area contributed by atoms with Gasteiger partial charge in [-0.25, -0.2) is 4.79 Å². The van der Waals surface area contributed by atoms with Crippen LogP contribution in [0.25, 0.3) is 0 Å². The summed E-state index contributed by atoms with van der Waals surface area (Å²) in [5.74, 6) is 0. The minimum Gasteiger partial charge on any atom is -0.322 e. The Morgan fingerprint density at radius 3 is 2.26 bits per heavy atom. The van der Waals surface area contributed by atoms with Crippen LogP contribution in [0.15, 0.2) is 28.7 Å². The van der Waals surface area contributed by atoms with Gasteiger partial charge in [0.15, 0.2) is 0 Å². The summed E-state index contributed by atoms with van der Waals surface area (Å²) in [6, 6.07) is 7.27. The number of nitrogens with one attached hydrogen (secondary N) is 1. The van der Waals surface area contributed by atoms with Gasteiger partial charge in [-0.2, -0.15) is 17.0 Å². The molecular weight excluding hydrogens is 432 g/mol. The summed E-state index contributed by atoms with van der Waals surface area (Å²) in [4.78, 5) is 14.1. The first-order chi connectivity index (χ1) is 12.9. The smallest absolute Gasteiger partial charge is 0.321 e. The maximum atomic E-state index is 12.9. The third-order valence-electron chi connectivity index (χ3n) is 5.40. The number of carbonyl (C=O) groups excluding carboxylic acids is 1. The zero-order chi connectivity index (χ0) is 19.4. The van der Waals surface area contributed by atoms with E-state index in [1.807, 2.05) is 24.3 Å². The van der Waals surface area contributed by atoms with Gasteiger partial charge in [0.1, 0.15) is 0 Å². The topological polar surface area (TPSA) is 73.0 Å². The van der Waals surface area contributed by atoms with E-state index in [0.717, 1.165) is 35.8 Å². The highest BCUT2D eigenvalue weighted by Gasteiger charge is 2.35. The van der Waals surface area contributed by atoms with Crippen molar-refractivity contribution in [2.75, 3.05) is 38.5 Å². The lowest BCUT2D eigenvalue weighted by Crippen LogP contribution is -2.55. The standard InChI is InChI=1S/C18H27BrN4O3S/c1-21(17-5-3-2-4-6-17)27(25,26)23-13-11-22(12-14-23)18(24)20-16-9-7-15(19)8-10-16/h7-10,17H,2-6,11-14H2,1H3,(H,20,24). The summed E-state index contributed by atoms with van der Waals surface area (Å²) in [6.07, 6.45) is 5.25. The van der Waals surface area contributed by atoms with Crippen molar-refractivity contribution in [1.29, 1.82) is 0 Å². The highest BCUT2D eigenvalue weighted by atomic mass is 79.9. The highest BCUT2D eigenvalue weighted by molar-refractivity contribution is 9.10. The molecule has 0 spiro atoms. The van der Waals surface area contributed by atoms with E-state index in [2.05, 4.69) is 21.2 Å². The maximum Gasteiger partial charge on any atom is 0.321 e. The average Bonchev–Trinajstić information content (AvgIpc) is 2.70. The molecule has 1 aromatic rings. The second-order valence-corrected chi connectivity index (χ2v) is 10.0. The largest absolute Gasteiger partial charge is 0.322 e. The third kappa shape index (κ3) is 5.01. The summed E-state index contributed by atoms with van der Waals surface area (Å²) in [7, 11) is -1.78. The fourth-order valence-electron chi connectivity index (χ4n) is 3.67. The van der Waals surface area contributed by atoms with Crippen molar-refractivity contribution < 1.29 is 13.2 Å². The first-order valence-electron chi connectivity index (χ1n) is 9.42. The van der Waals surface area contributed by atoms with Crippen LogP contribution in [0.1, 0.15) is 32.1 Å². The van der Waals surface area contributed by atoms with Gasteiger partial charge in [-0.05, 0) is 37.1 Å². The molecule has 9 heteroatoms. The molecule has 7 nitrogen and oxygen atoms in total. The number of rotatable bonds is 4. The number of hydrogen-bond acceptors (Lipinski definition) is 3. The van der Waals surface area contributed by atoms with Gasteiger partial charge in [0.05, 0.1) is 0 Å². The number of amides is 2. The predicted molar refractivity (Wildman–Crippen MR) is 110 cm³/mol. The van der Waals surface area contributed by atoms with Crippen LogP contribution in [-0.2, 0) is 10.2 Å². The minimum atomic E-state index is -3.47. The average molecular weight is 459 g/mol. The van der Waals surface area contributed by atoms with Crippen molar-refractivity contribution in [1.82, 2.24) is 13.5 Å². The quantitative estimate of drug-likeness (QED) is 0.752. The Balaban J connectivity index is 1.54. The number of urea groups is 1. The van der Waals surface area contributed by atoms with Gasteiger partial charge in [0, 0.05) is 49.4 Å². The van der Waals surface area contributed by atoms with Crippen LogP contribution >= 0.6 is 15.9 Å². The number of carbonyl (C=O) groups is 1. The SMILES string of the molecule is CN(C1CCCCC1)S(=O)(=O)N1CCN(C(=O)Nc2ccc(Br)cc2)CC1. The Kier molecular flexibility index (Phi) is 6.78. The molecule has 0 atom stereocenters. The summed E-state index contributed by atoms with van der Waals surface area (Å²) >= 11 is 3.36. The van der Waals surface area contributed by atoms with E-state index in [9.17, 15) is 13.2 Å². The fourth-order valence-corrected chi connectivity index (χ4v) is 5.51. The molecule has 1 N–H and O–H groups in total. The van der Waals surface area contributed by atoms with E-state index in [4.69, 9.17) is 0 Å². The van der Waals surface area contributed by atoms with E-state index < -0.39 is 10.2 Å². The molecule has 27 heavy (non-hydrogen) atoms. The molecule has 2 amide bonds. The van der Waals surface area contributed by atoms with Crippen LogP contribution in [0.5, 0.6) is 0 Å². The minimum absolute atomic E-state index is 0.0995. The molecule has 1 saturated heterocycles. The molecule has 2 aliphatic rings. The third-order valence-corrected chi connectivity index (χ3v) is 7.97. The van der Waals surface area contributed by atoms with Crippen LogP contribution in [0, 0.1) is 0 Å². The Hall–Kier alpha value is -1.16. The molecule has 2 fully saturated rings. The zero-order valence-electron chi connectivity index (χ0n) is 15.6. The number of halogens is 1. The second-order valence-electron chi connectivity index (χ2n) is 7.14. The highest BCUT2D eigenvalue weighted by Crippen LogP contribution is 2.25. The van der Waals surface area contributed by atoms with Gasteiger partial charge in [-0.3, -0.25) is 0 Å². The normalized spacial score (nSPS) is 20.0. The monoisotopic (exact) mass is 458 g/mol. The first-order valence-corrected chi connectivity index (χ1v) is 11.6. The summed E-state index contributed by atoms with van der Waals surface area (Å²) < 4.78 is 29.8. The lowest BCUT2D eigenvalue weighted by molar-refractivity contribution is 0.178. The number of piperazine rings is 1. The molecule has 1 aliphatic carbocycles. The fraction of sp³-hybridized carbons (Fsp3) is 0.611. The Morgan fingerprint density at radius 2 is 1.67 bits per heavy atom. The van der Waals surface area contributed by atoms with Gasteiger partial charge in [-0.1, -0.05) is 35.2 Å². The van der Waals surface area contributed by atoms with E-state index in [1.165, 1.54) is 10.7 Å². The molecule has 0 unspecified atom stereocenters.